The SMILES string of the molecule is Cc1cc(C)c(Cn2c(=O)cc(C(F)(F)F)c3c(C)nn(-c4cccc(Cl)c4C)c32)c(C)c1. The summed E-state index contributed by atoms with van der Waals surface area (Å²) < 4.78 is 44.6. The van der Waals surface area contributed by atoms with Crippen molar-refractivity contribution in [2.45, 2.75) is 47.3 Å². The van der Waals surface area contributed by atoms with Crippen LogP contribution in [0.1, 0.15) is 39.1 Å². The zero-order valence-corrected chi connectivity index (χ0v) is 19.7. The lowest BCUT2D eigenvalue weighted by molar-refractivity contribution is -0.136. The summed E-state index contributed by atoms with van der Waals surface area (Å²) in [6.07, 6.45) is -4.70. The number of aromatic nitrogens is 3. The molecule has 2 aromatic carbocycles. The van der Waals surface area contributed by atoms with Crippen LogP contribution in [0.25, 0.3) is 16.7 Å². The normalized spacial score (nSPS) is 12.0. The number of rotatable bonds is 3. The second-order valence-corrected chi connectivity index (χ2v) is 8.84. The molecule has 33 heavy (non-hydrogen) atoms. The summed E-state index contributed by atoms with van der Waals surface area (Å²) in [4.78, 5) is 13.1. The number of hydrogen-bond acceptors (Lipinski definition) is 2. The maximum atomic E-state index is 14.0. The van der Waals surface area contributed by atoms with Gasteiger partial charge in [0.2, 0.25) is 0 Å². The van der Waals surface area contributed by atoms with E-state index in [1.54, 1.807) is 25.1 Å². The number of alkyl halides is 3. The third-order valence-corrected chi connectivity index (χ3v) is 6.43. The number of pyridine rings is 1. The maximum Gasteiger partial charge on any atom is 0.417 e. The Morgan fingerprint density at radius 3 is 2.24 bits per heavy atom. The van der Waals surface area contributed by atoms with Gasteiger partial charge in [-0.1, -0.05) is 35.4 Å². The summed E-state index contributed by atoms with van der Waals surface area (Å²) >= 11 is 6.29. The Hall–Kier alpha value is -3.06. The molecule has 0 aliphatic heterocycles. The number of fused-ring (bicyclic) bond motifs is 1. The van der Waals surface area contributed by atoms with E-state index in [0.717, 1.165) is 22.3 Å². The summed E-state index contributed by atoms with van der Waals surface area (Å²) in [5.41, 5.74) is 3.62. The molecule has 0 bridgehead atoms. The Bertz CT molecular complexity index is 1440. The summed E-state index contributed by atoms with van der Waals surface area (Å²) in [5, 5.41) is 4.80. The van der Waals surface area contributed by atoms with E-state index in [4.69, 9.17) is 11.6 Å². The number of nitrogens with zero attached hydrogens (tertiary/aromatic N) is 3. The van der Waals surface area contributed by atoms with Crippen LogP contribution in [0.15, 0.2) is 41.2 Å². The molecule has 0 atom stereocenters. The first-order valence-corrected chi connectivity index (χ1v) is 10.8. The van der Waals surface area contributed by atoms with Crippen LogP contribution in [0.3, 0.4) is 0 Å². The Morgan fingerprint density at radius 2 is 1.64 bits per heavy atom. The van der Waals surface area contributed by atoms with E-state index in [1.165, 1.54) is 16.2 Å². The molecule has 4 nitrogen and oxygen atoms in total. The minimum Gasteiger partial charge on any atom is -0.288 e. The fraction of sp³-hybridized carbons (Fsp3) is 0.280. The predicted octanol–water partition coefficient (Wildman–Crippen LogP) is 6.45. The molecule has 4 aromatic rings. The molecule has 0 spiro atoms. The molecule has 0 N–H and O–H groups in total. The monoisotopic (exact) mass is 473 g/mol. The summed E-state index contributed by atoms with van der Waals surface area (Å²) in [6.45, 7) is 9.26. The summed E-state index contributed by atoms with van der Waals surface area (Å²) in [7, 11) is 0. The highest BCUT2D eigenvalue weighted by Gasteiger charge is 2.36. The fourth-order valence-corrected chi connectivity index (χ4v) is 4.61. The van der Waals surface area contributed by atoms with Gasteiger partial charge < -0.3 is 0 Å². The summed E-state index contributed by atoms with van der Waals surface area (Å²) in [5.74, 6) is 0. The van der Waals surface area contributed by atoms with Crippen LogP contribution in [-0.4, -0.2) is 14.3 Å². The van der Waals surface area contributed by atoms with Crippen LogP contribution in [-0.2, 0) is 12.7 Å². The molecule has 4 rings (SSSR count). The number of hydrogen-bond donors (Lipinski definition) is 0. The zero-order chi connectivity index (χ0) is 24.2. The number of aryl methyl sites for hydroxylation is 4. The Balaban J connectivity index is 2.13. The molecule has 2 aromatic heterocycles. The fourth-order valence-electron chi connectivity index (χ4n) is 4.44. The molecular weight excluding hydrogens is 451 g/mol. The Kier molecular flexibility index (Phi) is 5.65. The molecule has 0 fully saturated rings. The average molecular weight is 474 g/mol. The van der Waals surface area contributed by atoms with Crippen LogP contribution in [0, 0.1) is 34.6 Å². The van der Waals surface area contributed by atoms with E-state index in [-0.39, 0.29) is 23.3 Å². The second-order valence-electron chi connectivity index (χ2n) is 8.44. The standard InChI is InChI=1S/C25H23ClF3N3O/c1-13-9-14(2)18(15(3)10-13)12-31-22(33)11-19(25(27,28)29)23-17(5)30-32(24(23)31)21-8-6-7-20(26)16(21)4/h6-11H,12H2,1-5H3. The smallest absolute Gasteiger partial charge is 0.288 e. The molecule has 0 amide bonds. The van der Waals surface area contributed by atoms with Crippen molar-refractivity contribution in [1.29, 1.82) is 0 Å². The lowest BCUT2D eigenvalue weighted by Crippen LogP contribution is -2.25. The molecule has 0 radical (unpaired) electrons. The van der Waals surface area contributed by atoms with Gasteiger partial charge in [0.05, 0.1) is 28.9 Å². The quantitative estimate of drug-likeness (QED) is 0.343. The molecular formula is C25H23ClF3N3O. The lowest BCUT2D eigenvalue weighted by Gasteiger charge is -2.18. The van der Waals surface area contributed by atoms with Gasteiger partial charge >= 0.3 is 6.18 Å². The van der Waals surface area contributed by atoms with Gasteiger partial charge in [-0.2, -0.15) is 18.3 Å². The molecule has 0 aliphatic carbocycles. The van der Waals surface area contributed by atoms with Gasteiger partial charge in [-0.3, -0.25) is 9.36 Å². The average Bonchev–Trinajstić information content (AvgIpc) is 3.03. The molecule has 0 saturated carbocycles. The third kappa shape index (κ3) is 3.95. The van der Waals surface area contributed by atoms with Gasteiger partial charge in [0, 0.05) is 11.1 Å². The van der Waals surface area contributed by atoms with Gasteiger partial charge in [-0.25, -0.2) is 4.68 Å². The van der Waals surface area contributed by atoms with E-state index >= 15 is 0 Å². The third-order valence-electron chi connectivity index (χ3n) is 6.02. The second kappa shape index (κ2) is 8.06. The van der Waals surface area contributed by atoms with Crippen molar-refractivity contribution < 1.29 is 13.2 Å². The van der Waals surface area contributed by atoms with E-state index in [0.29, 0.717) is 22.3 Å². The maximum absolute atomic E-state index is 14.0. The largest absolute Gasteiger partial charge is 0.417 e. The molecule has 0 saturated heterocycles. The highest BCUT2D eigenvalue weighted by molar-refractivity contribution is 6.31. The van der Waals surface area contributed by atoms with Gasteiger partial charge in [0.15, 0.2) is 0 Å². The van der Waals surface area contributed by atoms with Crippen molar-refractivity contribution in [3.05, 3.63) is 90.8 Å². The predicted molar refractivity (Wildman–Crippen MR) is 125 cm³/mol. The first-order chi connectivity index (χ1) is 15.4. The van der Waals surface area contributed by atoms with Crippen molar-refractivity contribution in [2.75, 3.05) is 0 Å². The Labute approximate surface area is 194 Å². The Morgan fingerprint density at radius 1 is 1.00 bits per heavy atom. The van der Waals surface area contributed by atoms with Crippen LogP contribution in [0.2, 0.25) is 5.02 Å². The van der Waals surface area contributed by atoms with E-state index < -0.39 is 17.3 Å². The van der Waals surface area contributed by atoms with E-state index in [1.807, 2.05) is 32.9 Å². The van der Waals surface area contributed by atoms with Crippen molar-refractivity contribution in [2.24, 2.45) is 0 Å². The van der Waals surface area contributed by atoms with Crippen LogP contribution in [0.5, 0.6) is 0 Å². The van der Waals surface area contributed by atoms with E-state index in [9.17, 15) is 18.0 Å². The molecule has 0 unspecified atom stereocenters. The van der Waals surface area contributed by atoms with Crippen molar-refractivity contribution in [1.82, 2.24) is 14.3 Å². The van der Waals surface area contributed by atoms with Crippen molar-refractivity contribution >= 4 is 22.6 Å². The molecule has 8 heteroatoms. The highest BCUT2D eigenvalue weighted by atomic mass is 35.5. The molecule has 0 aliphatic rings. The zero-order valence-electron chi connectivity index (χ0n) is 18.9. The van der Waals surface area contributed by atoms with Crippen LogP contribution in [0.4, 0.5) is 13.2 Å². The first kappa shape index (κ1) is 23.1. The minimum atomic E-state index is -4.70. The van der Waals surface area contributed by atoms with E-state index in [2.05, 4.69) is 5.10 Å². The van der Waals surface area contributed by atoms with Crippen LogP contribution < -0.4 is 5.56 Å². The minimum absolute atomic E-state index is 0.0936. The number of halogens is 4. The topological polar surface area (TPSA) is 39.8 Å². The number of benzene rings is 2. The highest BCUT2D eigenvalue weighted by Crippen LogP contribution is 2.37. The molecule has 172 valence electrons. The van der Waals surface area contributed by atoms with Gasteiger partial charge in [-0.05, 0) is 69.0 Å². The van der Waals surface area contributed by atoms with Crippen LogP contribution >= 0.6 is 11.6 Å². The summed E-state index contributed by atoms with van der Waals surface area (Å²) in [6, 6.07) is 9.80. The van der Waals surface area contributed by atoms with Gasteiger partial charge in [0.1, 0.15) is 5.65 Å². The first-order valence-electron chi connectivity index (χ1n) is 10.4. The van der Waals surface area contributed by atoms with Crippen molar-refractivity contribution in [3.8, 4) is 5.69 Å². The van der Waals surface area contributed by atoms with Gasteiger partial charge in [0.25, 0.3) is 5.56 Å². The molecule has 2 heterocycles. The van der Waals surface area contributed by atoms with Gasteiger partial charge in [-0.15, -0.1) is 0 Å². The lowest BCUT2D eigenvalue weighted by atomic mass is 9.99. The van der Waals surface area contributed by atoms with Crippen molar-refractivity contribution in [3.63, 3.8) is 0 Å².